The lowest BCUT2D eigenvalue weighted by Gasteiger charge is -1.97. The summed E-state index contributed by atoms with van der Waals surface area (Å²) in [6, 6.07) is 30.4. The van der Waals surface area contributed by atoms with Gasteiger partial charge in [-0.25, -0.2) is 19.9 Å². The molecule has 0 fully saturated rings. The van der Waals surface area contributed by atoms with Crippen molar-refractivity contribution < 1.29 is 0 Å². The van der Waals surface area contributed by atoms with Crippen molar-refractivity contribution >= 4 is 119 Å². The monoisotopic (exact) mass is 672 g/mol. The molecule has 0 aliphatic carbocycles. The van der Waals surface area contributed by atoms with Crippen molar-refractivity contribution in [3.8, 4) is 39.5 Å². The molecule has 10 heteroatoms. The van der Waals surface area contributed by atoms with E-state index in [2.05, 4.69) is 84.9 Å². The lowest BCUT2D eigenvalue weighted by atomic mass is 10.1. The average molecular weight is 673 g/mol. The number of aromatic nitrogens is 4. The van der Waals surface area contributed by atoms with E-state index in [1.54, 1.807) is 68.0 Å². The Labute approximate surface area is 274 Å². The van der Waals surface area contributed by atoms with Crippen LogP contribution in [0.5, 0.6) is 0 Å². The van der Waals surface area contributed by atoms with E-state index < -0.39 is 0 Å². The molecular formula is C34H16N4S6. The van der Waals surface area contributed by atoms with Crippen LogP contribution in [0.25, 0.3) is 90.9 Å². The van der Waals surface area contributed by atoms with Crippen molar-refractivity contribution in [3.63, 3.8) is 0 Å². The van der Waals surface area contributed by atoms with Crippen molar-refractivity contribution in [1.82, 2.24) is 19.9 Å². The third kappa shape index (κ3) is 4.17. The summed E-state index contributed by atoms with van der Waals surface area (Å²) in [5, 5.41) is 9.02. The van der Waals surface area contributed by atoms with E-state index in [1.165, 1.54) is 50.1 Å². The zero-order valence-corrected chi connectivity index (χ0v) is 27.4. The summed E-state index contributed by atoms with van der Waals surface area (Å²) in [7, 11) is 0. The van der Waals surface area contributed by atoms with Gasteiger partial charge in [-0.3, -0.25) is 0 Å². The molecule has 0 N–H and O–H groups in total. The molecule has 10 rings (SSSR count). The lowest BCUT2D eigenvalue weighted by molar-refractivity contribution is 1.42. The van der Waals surface area contributed by atoms with Crippen LogP contribution in [0.15, 0.2) is 97.3 Å². The minimum Gasteiger partial charge on any atom is -0.243 e. The van der Waals surface area contributed by atoms with E-state index >= 15 is 0 Å². The number of rotatable bonds is 4. The molecule has 0 amide bonds. The predicted molar refractivity (Wildman–Crippen MR) is 194 cm³/mol. The maximum atomic E-state index is 5.04. The molecular weight excluding hydrogens is 657 g/mol. The standard InChI is InChI=1S/C34H16N4S6/c1-3-7-23-17(5-1)11-27(39-23)31-35-15-29(43-31)33-37-21-9-19-14-26-22(10-20(19)13-25(21)41-33)38-34(42-26)30-16-36-32(44-30)28-12-18-6-2-4-8-24(18)40-28/h1-16H. The smallest absolute Gasteiger partial charge is 0.136 e. The quantitative estimate of drug-likeness (QED) is 0.187. The van der Waals surface area contributed by atoms with Gasteiger partial charge in [0.05, 0.1) is 39.9 Å². The summed E-state index contributed by atoms with van der Waals surface area (Å²) < 4.78 is 4.93. The van der Waals surface area contributed by atoms with E-state index in [0.717, 1.165) is 40.8 Å². The molecule has 0 spiro atoms. The molecule has 4 nitrogen and oxygen atoms in total. The molecule has 0 aliphatic heterocycles. The van der Waals surface area contributed by atoms with Gasteiger partial charge >= 0.3 is 0 Å². The minimum absolute atomic E-state index is 1.02. The van der Waals surface area contributed by atoms with E-state index in [-0.39, 0.29) is 0 Å². The number of nitrogens with zero attached hydrogens (tertiary/aromatic N) is 4. The van der Waals surface area contributed by atoms with Crippen LogP contribution in [0.4, 0.5) is 0 Å². The number of benzene rings is 4. The van der Waals surface area contributed by atoms with E-state index in [9.17, 15) is 0 Å². The molecule has 208 valence electrons. The Morgan fingerprint density at radius 3 is 1.32 bits per heavy atom. The zero-order chi connectivity index (χ0) is 28.8. The van der Waals surface area contributed by atoms with Crippen LogP contribution < -0.4 is 0 Å². The Kier molecular flexibility index (Phi) is 5.66. The van der Waals surface area contributed by atoms with Crippen molar-refractivity contribution in [2.45, 2.75) is 0 Å². The number of thiophene rings is 2. The highest BCUT2D eigenvalue weighted by Crippen LogP contribution is 2.43. The largest absolute Gasteiger partial charge is 0.243 e. The van der Waals surface area contributed by atoms with Gasteiger partial charge in [-0.2, -0.15) is 0 Å². The van der Waals surface area contributed by atoms with Crippen molar-refractivity contribution in [2.75, 3.05) is 0 Å². The van der Waals surface area contributed by atoms with Gasteiger partial charge in [-0.1, -0.05) is 36.4 Å². The third-order valence-electron chi connectivity index (χ3n) is 7.56. The first-order valence-corrected chi connectivity index (χ1v) is 18.7. The summed E-state index contributed by atoms with van der Waals surface area (Å²) >= 11 is 10.5. The lowest BCUT2D eigenvalue weighted by Crippen LogP contribution is -1.76. The van der Waals surface area contributed by atoms with Crippen LogP contribution in [0.1, 0.15) is 0 Å². The first-order valence-electron chi connectivity index (χ1n) is 13.8. The van der Waals surface area contributed by atoms with Crippen LogP contribution in [-0.4, -0.2) is 19.9 Å². The Morgan fingerprint density at radius 2 is 0.841 bits per heavy atom. The fourth-order valence-corrected chi connectivity index (χ4v) is 11.6. The van der Waals surface area contributed by atoms with Gasteiger partial charge in [-0.15, -0.1) is 68.0 Å². The molecule has 4 aromatic carbocycles. The van der Waals surface area contributed by atoms with Gasteiger partial charge in [0.1, 0.15) is 20.0 Å². The maximum Gasteiger partial charge on any atom is 0.136 e. The van der Waals surface area contributed by atoms with Crippen LogP contribution in [-0.2, 0) is 0 Å². The molecule has 6 heterocycles. The summed E-state index contributed by atoms with van der Waals surface area (Å²) in [5.74, 6) is 0. The predicted octanol–water partition coefficient (Wildman–Crippen LogP) is 12.1. The topological polar surface area (TPSA) is 51.6 Å². The van der Waals surface area contributed by atoms with Gasteiger partial charge in [-0.05, 0) is 70.1 Å². The van der Waals surface area contributed by atoms with E-state index in [1.807, 2.05) is 12.4 Å². The maximum absolute atomic E-state index is 5.04. The Balaban J connectivity index is 0.980. The van der Waals surface area contributed by atoms with Gasteiger partial charge in [0.15, 0.2) is 0 Å². The first-order chi connectivity index (χ1) is 21.7. The van der Waals surface area contributed by atoms with Crippen LogP contribution in [0, 0.1) is 0 Å². The Bertz CT molecular complexity index is 2380. The van der Waals surface area contributed by atoms with E-state index in [4.69, 9.17) is 19.9 Å². The number of fused-ring (bicyclic) bond motifs is 5. The fourth-order valence-electron chi connectivity index (χ4n) is 5.45. The van der Waals surface area contributed by atoms with Gasteiger partial charge < -0.3 is 0 Å². The number of hydrogen-bond acceptors (Lipinski definition) is 10. The van der Waals surface area contributed by atoms with Crippen molar-refractivity contribution in [1.29, 1.82) is 0 Å². The molecule has 0 saturated carbocycles. The van der Waals surface area contributed by atoms with Crippen LogP contribution in [0.3, 0.4) is 0 Å². The Morgan fingerprint density at radius 1 is 0.364 bits per heavy atom. The van der Waals surface area contributed by atoms with E-state index in [0.29, 0.717) is 0 Å². The average Bonchev–Trinajstić information content (AvgIpc) is 3.88. The SMILES string of the molecule is c1ccc2sc(-c3ncc(-c4nc5cc6cc7sc(-c8cnc(-c9cc%10ccccc%10s9)s8)nc7cc6cc5s4)s3)cc2c1. The van der Waals surface area contributed by atoms with Crippen LogP contribution >= 0.6 is 68.0 Å². The summed E-state index contributed by atoms with van der Waals surface area (Å²) in [4.78, 5) is 24.2. The second-order valence-electron chi connectivity index (χ2n) is 10.4. The summed E-state index contributed by atoms with van der Waals surface area (Å²) in [6.45, 7) is 0. The molecule has 0 aliphatic rings. The highest BCUT2D eigenvalue weighted by molar-refractivity contribution is 7.30. The molecule has 6 aromatic heterocycles. The highest BCUT2D eigenvalue weighted by Gasteiger charge is 2.16. The first kappa shape index (κ1) is 25.4. The van der Waals surface area contributed by atoms with Crippen molar-refractivity contribution in [3.05, 3.63) is 97.3 Å². The molecule has 0 radical (unpaired) electrons. The molecule has 10 aromatic rings. The van der Waals surface area contributed by atoms with Gasteiger partial charge in [0.2, 0.25) is 0 Å². The second kappa shape index (κ2) is 9.80. The molecule has 0 saturated heterocycles. The fraction of sp³-hybridized carbons (Fsp3) is 0. The molecule has 44 heavy (non-hydrogen) atoms. The minimum atomic E-state index is 1.02. The third-order valence-corrected chi connectivity index (χ3v) is 14.5. The summed E-state index contributed by atoms with van der Waals surface area (Å²) in [5.41, 5.74) is 2.04. The molecule has 0 bridgehead atoms. The number of thiazole rings is 4. The molecule has 0 unspecified atom stereocenters. The summed E-state index contributed by atoms with van der Waals surface area (Å²) in [6.07, 6.45) is 3.93. The van der Waals surface area contributed by atoms with Crippen molar-refractivity contribution in [2.24, 2.45) is 0 Å². The normalized spacial score (nSPS) is 12.1. The van der Waals surface area contributed by atoms with Crippen LogP contribution in [0.2, 0.25) is 0 Å². The number of hydrogen-bond donors (Lipinski definition) is 0. The van der Waals surface area contributed by atoms with Gasteiger partial charge in [0, 0.05) is 21.8 Å². The molecule has 0 atom stereocenters. The van der Waals surface area contributed by atoms with Gasteiger partial charge in [0.25, 0.3) is 0 Å². The zero-order valence-electron chi connectivity index (χ0n) is 22.5. The Hall–Kier alpha value is -3.90. The highest BCUT2D eigenvalue weighted by atomic mass is 32.1. The second-order valence-corrected chi connectivity index (χ2v) is 16.7.